The van der Waals surface area contributed by atoms with Crippen LogP contribution in [0.15, 0.2) is 97.1 Å². The fourth-order valence-electron chi connectivity index (χ4n) is 7.61. The number of allylic oxidation sites excluding steroid dienone is 2. The first-order chi connectivity index (χ1) is 30.0. The van der Waals surface area contributed by atoms with Crippen LogP contribution in [0.5, 0.6) is 0 Å². The van der Waals surface area contributed by atoms with Crippen LogP contribution in [0.25, 0.3) is 55.3 Å². The predicted octanol–water partition coefficient (Wildman–Crippen LogP) is 8.58. The molecule has 304 valence electrons. The second-order valence-electron chi connectivity index (χ2n) is 15.7. The number of fused-ring (bicyclic) bond motifs is 2. The Balaban J connectivity index is 1.12. The van der Waals surface area contributed by atoms with Gasteiger partial charge in [-0.1, -0.05) is 58.0 Å². The Hall–Kier alpha value is -6.61. The zero-order valence-corrected chi connectivity index (χ0v) is 37.5. The van der Waals surface area contributed by atoms with Gasteiger partial charge in [0.1, 0.15) is 35.4 Å². The molecule has 1 unspecified atom stereocenters. The lowest BCUT2D eigenvalue weighted by Crippen LogP contribution is -2.34. The Bertz CT molecular complexity index is 3240. The number of hydrogen-bond donors (Lipinski definition) is 1. The van der Waals surface area contributed by atoms with Crippen LogP contribution in [0.4, 0.5) is 11.4 Å². The number of nitrogens with zero attached hydrogens (tertiary/aromatic N) is 6. The maximum atomic E-state index is 14.3. The van der Waals surface area contributed by atoms with Crippen LogP contribution >= 0.6 is 45.3 Å². The molecule has 8 nitrogen and oxygen atoms in total. The Kier molecular flexibility index (Phi) is 12.1. The summed E-state index contributed by atoms with van der Waals surface area (Å²) in [6.07, 6.45) is 7.00. The molecule has 0 radical (unpaired) electrons. The van der Waals surface area contributed by atoms with Gasteiger partial charge in [0.25, 0.3) is 5.91 Å². The molecule has 4 aromatic heterocycles. The topological polar surface area (TPSA) is 139 Å². The molecule has 1 atom stereocenters. The SMILES string of the molecule is CC(C)CN1C(=O)/C(=C/C=C2\c3ccc(-c4ccc(/C=c5\ccc(=C(C#N)C#N)s5)s4)cc3N(CC(C)C)C2O)c2ccc(-c3ccc(/C=c4\ccc(=C(C#N)C#N)s4)s3)cc21. The molecular formula is C50H38N6O2S4. The number of anilines is 2. The lowest BCUT2D eigenvalue weighted by molar-refractivity contribution is -0.113. The van der Waals surface area contributed by atoms with Crippen molar-refractivity contribution in [2.24, 2.45) is 11.8 Å². The summed E-state index contributed by atoms with van der Waals surface area (Å²) in [5, 5.41) is 49.0. The van der Waals surface area contributed by atoms with E-state index in [0.717, 1.165) is 67.8 Å². The van der Waals surface area contributed by atoms with E-state index in [-0.39, 0.29) is 28.9 Å². The van der Waals surface area contributed by atoms with Crippen molar-refractivity contribution in [2.45, 2.75) is 33.9 Å². The minimum Gasteiger partial charge on any atom is -0.369 e. The molecule has 1 amide bonds. The number of aliphatic hydroxyl groups excluding tert-OH is 1. The van der Waals surface area contributed by atoms with E-state index in [1.54, 1.807) is 34.8 Å². The summed E-state index contributed by atoms with van der Waals surface area (Å²) in [5.74, 6) is 0.452. The summed E-state index contributed by atoms with van der Waals surface area (Å²) in [7, 11) is 0. The molecule has 0 saturated heterocycles. The molecule has 62 heavy (non-hydrogen) atoms. The smallest absolute Gasteiger partial charge is 0.258 e. The van der Waals surface area contributed by atoms with Gasteiger partial charge in [0.2, 0.25) is 0 Å². The summed E-state index contributed by atoms with van der Waals surface area (Å²) < 4.78 is 3.22. The Labute approximate surface area is 375 Å². The first-order valence-electron chi connectivity index (χ1n) is 19.9. The molecule has 2 aromatic carbocycles. The lowest BCUT2D eigenvalue weighted by atomic mass is 10.0. The third-order valence-electron chi connectivity index (χ3n) is 10.4. The fraction of sp³-hybridized carbons (Fsp3) is 0.180. The van der Waals surface area contributed by atoms with Crippen molar-refractivity contribution in [1.82, 2.24) is 0 Å². The number of carbonyl (C=O) groups is 1. The van der Waals surface area contributed by atoms with Crippen LogP contribution < -0.4 is 27.9 Å². The molecule has 0 aliphatic carbocycles. The number of benzene rings is 2. The number of amides is 1. The zero-order valence-electron chi connectivity index (χ0n) is 34.2. The maximum absolute atomic E-state index is 14.3. The number of carbonyl (C=O) groups excluding carboxylic acids is 1. The Morgan fingerprint density at radius 3 is 1.68 bits per heavy atom. The molecule has 8 rings (SSSR count). The van der Waals surface area contributed by atoms with Crippen molar-refractivity contribution in [2.75, 3.05) is 22.9 Å². The van der Waals surface area contributed by atoms with Crippen LogP contribution in [-0.4, -0.2) is 30.3 Å². The normalized spacial score (nSPS) is 16.2. The Morgan fingerprint density at radius 2 is 1.16 bits per heavy atom. The fourth-order valence-corrected chi connectivity index (χ4v) is 11.5. The number of thiophene rings is 4. The second kappa shape index (κ2) is 17.8. The molecule has 2 aliphatic rings. The van der Waals surface area contributed by atoms with Crippen molar-refractivity contribution in [3.05, 3.63) is 136 Å². The van der Waals surface area contributed by atoms with E-state index in [4.69, 9.17) is 0 Å². The quantitative estimate of drug-likeness (QED) is 0.144. The second-order valence-corrected chi connectivity index (χ2v) is 20.2. The molecular weight excluding hydrogens is 845 g/mol. The standard InChI is InChI=1S/C50H38N6O2S4/c1-29(2)27-55-43-19-31(45-15-7-35(59-45)21-37-9-17-47(61-37)33(23-51)24-52)5-11-39(43)41(49(55)57)13-14-42-40-12-6-32(20-44(40)56(50(42)58)28-30(3)4)46-16-8-36(60-46)22-38-10-18-48(62-38)34(25-53)26-54/h5-22,29-30,49,57H,27-28H2,1-4H3/b37-21+,38-22+,41-13+,42-14+. The molecule has 6 aromatic rings. The van der Waals surface area contributed by atoms with Crippen LogP contribution in [0.3, 0.4) is 0 Å². The van der Waals surface area contributed by atoms with E-state index in [9.17, 15) is 30.9 Å². The zero-order chi connectivity index (χ0) is 43.7. The van der Waals surface area contributed by atoms with Crippen molar-refractivity contribution in [3.8, 4) is 45.2 Å². The monoisotopic (exact) mass is 882 g/mol. The first-order valence-corrected chi connectivity index (χ1v) is 23.2. The average molecular weight is 883 g/mol. The van der Waals surface area contributed by atoms with Gasteiger partial charge in [-0.15, -0.1) is 45.3 Å². The van der Waals surface area contributed by atoms with E-state index in [0.29, 0.717) is 27.7 Å². The van der Waals surface area contributed by atoms with Gasteiger partial charge in [0, 0.05) is 69.6 Å². The summed E-state index contributed by atoms with van der Waals surface area (Å²) >= 11 is 6.11. The summed E-state index contributed by atoms with van der Waals surface area (Å²) in [6.45, 7) is 9.68. The maximum Gasteiger partial charge on any atom is 0.258 e. The molecule has 6 heterocycles. The first kappa shape index (κ1) is 42.1. The van der Waals surface area contributed by atoms with E-state index < -0.39 is 6.23 Å². The third-order valence-corrected chi connectivity index (χ3v) is 14.6. The van der Waals surface area contributed by atoms with Gasteiger partial charge in [0.15, 0.2) is 6.23 Å². The van der Waals surface area contributed by atoms with E-state index in [2.05, 4.69) is 94.4 Å². The average Bonchev–Trinajstić information content (AvgIpc) is 4.14. The largest absolute Gasteiger partial charge is 0.369 e. The molecule has 0 bridgehead atoms. The third kappa shape index (κ3) is 8.36. The number of rotatable bonds is 9. The van der Waals surface area contributed by atoms with Crippen LogP contribution in [0, 0.1) is 57.2 Å². The molecule has 2 aliphatic heterocycles. The highest BCUT2D eigenvalue weighted by molar-refractivity contribution is 7.17. The summed E-state index contributed by atoms with van der Waals surface area (Å²) in [5.41, 5.74) is 7.16. The van der Waals surface area contributed by atoms with Gasteiger partial charge in [-0.25, -0.2) is 0 Å². The highest BCUT2D eigenvalue weighted by atomic mass is 32.1. The van der Waals surface area contributed by atoms with Crippen molar-refractivity contribution in [3.63, 3.8) is 0 Å². The summed E-state index contributed by atoms with van der Waals surface area (Å²) in [6, 6.07) is 36.0. The predicted molar refractivity (Wildman–Crippen MR) is 254 cm³/mol. The van der Waals surface area contributed by atoms with Gasteiger partial charge < -0.3 is 14.9 Å². The van der Waals surface area contributed by atoms with Crippen molar-refractivity contribution in [1.29, 1.82) is 21.0 Å². The van der Waals surface area contributed by atoms with E-state index in [1.807, 2.05) is 64.4 Å². The van der Waals surface area contributed by atoms with Gasteiger partial charge in [-0.05, 0) is 102 Å². The van der Waals surface area contributed by atoms with E-state index >= 15 is 0 Å². The highest BCUT2D eigenvalue weighted by Crippen LogP contribution is 2.45. The Morgan fingerprint density at radius 1 is 0.645 bits per heavy atom. The van der Waals surface area contributed by atoms with Gasteiger partial charge in [-0.3, -0.25) is 4.79 Å². The molecule has 1 N–H and O–H groups in total. The van der Waals surface area contributed by atoms with Crippen molar-refractivity contribution >= 4 is 97.1 Å². The highest BCUT2D eigenvalue weighted by Gasteiger charge is 2.35. The van der Waals surface area contributed by atoms with Crippen LogP contribution in [-0.2, 0) is 4.79 Å². The molecule has 12 heteroatoms. The van der Waals surface area contributed by atoms with Crippen molar-refractivity contribution < 1.29 is 9.90 Å². The molecule has 0 saturated carbocycles. The summed E-state index contributed by atoms with van der Waals surface area (Å²) in [4.78, 5) is 22.4. The number of hydrogen-bond acceptors (Lipinski definition) is 11. The molecule has 0 fully saturated rings. The molecule has 0 spiro atoms. The van der Waals surface area contributed by atoms with E-state index in [1.165, 1.54) is 22.7 Å². The number of aliphatic hydroxyl groups is 1. The minimum absolute atomic E-state index is 0.0674. The lowest BCUT2D eigenvalue weighted by Gasteiger charge is -2.26. The number of nitriles is 4. The van der Waals surface area contributed by atoms with Crippen LogP contribution in [0.1, 0.15) is 48.6 Å². The van der Waals surface area contributed by atoms with Gasteiger partial charge in [0.05, 0.1) is 14.8 Å². The minimum atomic E-state index is -0.892. The van der Waals surface area contributed by atoms with Crippen LogP contribution in [0.2, 0.25) is 0 Å². The van der Waals surface area contributed by atoms with Gasteiger partial charge >= 0.3 is 0 Å². The van der Waals surface area contributed by atoms with Gasteiger partial charge in [-0.2, -0.15) is 21.0 Å².